The Morgan fingerprint density at radius 3 is 1.81 bits per heavy atom. The van der Waals surface area contributed by atoms with Gasteiger partial charge in [-0.05, 0) is 23.3 Å². The van der Waals surface area contributed by atoms with Crippen molar-refractivity contribution in [2.24, 2.45) is 0 Å². The molecule has 0 saturated carbocycles. The first-order chi connectivity index (χ1) is 15.4. The van der Waals surface area contributed by atoms with Crippen LogP contribution in [0.3, 0.4) is 0 Å². The topological polar surface area (TPSA) is 127 Å². The van der Waals surface area contributed by atoms with E-state index in [0.29, 0.717) is 0 Å². The number of fused-ring (bicyclic) bond motifs is 2. The molecule has 4 aromatic rings. The Morgan fingerprint density at radius 1 is 0.812 bits per heavy atom. The maximum absolute atomic E-state index is 13.0. The van der Waals surface area contributed by atoms with Gasteiger partial charge in [-0.2, -0.15) is 0 Å². The number of nitrogens with one attached hydrogen (secondary N) is 4. The van der Waals surface area contributed by atoms with Crippen molar-refractivity contribution in [1.82, 2.24) is 20.6 Å². The van der Waals surface area contributed by atoms with Crippen molar-refractivity contribution in [3.63, 3.8) is 0 Å². The quantitative estimate of drug-likeness (QED) is 0.293. The number of carbonyl (C=O) groups excluding carboxylic acids is 2. The Hall–Kier alpha value is -4.07. The highest BCUT2D eigenvalue weighted by molar-refractivity contribution is 5.92. The van der Waals surface area contributed by atoms with E-state index in [1.54, 1.807) is 12.4 Å². The molecule has 32 heavy (non-hydrogen) atoms. The van der Waals surface area contributed by atoms with E-state index in [9.17, 15) is 19.5 Å². The monoisotopic (exact) mass is 432 g/mol. The van der Waals surface area contributed by atoms with Crippen molar-refractivity contribution in [3.05, 3.63) is 72.1 Å². The number of rotatable bonds is 8. The van der Waals surface area contributed by atoms with Crippen LogP contribution in [0, 0.1) is 0 Å². The standard InChI is InChI=1S/C24H24N4O4/c1-14(29)27-21(10-15-12-25-19-8-4-2-6-17(15)19)23(30)28-22(24(31)32)11-16-13-26-20-9-5-3-7-18(16)20/h2-9,12-13,21-22,25-26H,10-11H2,1H3,(H,27,29)(H,28,30)(H,31,32)/t21-,22-/m0/s1. The number of H-pyrrole nitrogens is 2. The molecule has 5 N–H and O–H groups in total. The summed E-state index contributed by atoms with van der Waals surface area (Å²) in [5.41, 5.74) is 3.47. The van der Waals surface area contributed by atoms with Crippen LogP contribution in [-0.2, 0) is 27.2 Å². The van der Waals surface area contributed by atoms with E-state index < -0.39 is 24.0 Å². The Morgan fingerprint density at radius 2 is 1.31 bits per heavy atom. The number of carboxylic acid groups (broad SMARTS) is 1. The number of hydrogen-bond donors (Lipinski definition) is 5. The summed E-state index contributed by atoms with van der Waals surface area (Å²) in [6, 6.07) is 13.2. The molecule has 2 aromatic carbocycles. The number of carboxylic acids is 1. The lowest BCUT2D eigenvalue weighted by Crippen LogP contribution is -2.52. The number of amides is 2. The second kappa shape index (κ2) is 8.97. The molecular weight excluding hydrogens is 408 g/mol. The predicted molar refractivity (Wildman–Crippen MR) is 121 cm³/mol. The van der Waals surface area contributed by atoms with Crippen LogP contribution in [-0.4, -0.2) is 44.9 Å². The lowest BCUT2D eigenvalue weighted by Gasteiger charge is -2.21. The van der Waals surface area contributed by atoms with Gasteiger partial charge in [0, 0.05) is 54.0 Å². The average Bonchev–Trinajstić information content (AvgIpc) is 3.37. The van der Waals surface area contributed by atoms with Crippen LogP contribution >= 0.6 is 0 Å². The fourth-order valence-electron chi connectivity index (χ4n) is 3.97. The fraction of sp³-hybridized carbons (Fsp3) is 0.208. The summed E-state index contributed by atoms with van der Waals surface area (Å²) < 4.78 is 0. The summed E-state index contributed by atoms with van der Waals surface area (Å²) in [5.74, 6) is -2.05. The molecule has 0 spiro atoms. The van der Waals surface area contributed by atoms with Gasteiger partial charge in [-0.1, -0.05) is 36.4 Å². The third-order valence-electron chi connectivity index (χ3n) is 5.51. The van der Waals surface area contributed by atoms with E-state index in [-0.39, 0.29) is 18.7 Å². The van der Waals surface area contributed by atoms with Gasteiger partial charge < -0.3 is 25.7 Å². The number of aromatic nitrogens is 2. The minimum absolute atomic E-state index is 0.116. The number of hydrogen-bond acceptors (Lipinski definition) is 3. The van der Waals surface area contributed by atoms with Crippen LogP contribution in [0.25, 0.3) is 21.8 Å². The molecule has 2 heterocycles. The van der Waals surface area contributed by atoms with Gasteiger partial charge in [0.15, 0.2) is 0 Å². The number of benzene rings is 2. The van der Waals surface area contributed by atoms with Crippen LogP contribution in [0.4, 0.5) is 0 Å². The van der Waals surface area contributed by atoms with Crippen molar-refractivity contribution in [2.45, 2.75) is 31.8 Å². The molecule has 0 radical (unpaired) electrons. The largest absolute Gasteiger partial charge is 0.480 e. The van der Waals surface area contributed by atoms with E-state index in [4.69, 9.17) is 0 Å². The molecule has 2 aromatic heterocycles. The van der Waals surface area contributed by atoms with Crippen molar-refractivity contribution >= 4 is 39.6 Å². The van der Waals surface area contributed by atoms with Crippen LogP contribution in [0.1, 0.15) is 18.1 Å². The Bertz CT molecular complexity index is 1290. The third kappa shape index (κ3) is 4.49. The lowest BCUT2D eigenvalue weighted by molar-refractivity contribution is -0.142. The first-order valence-corrected chi connectivity index (χ1v) is 10.3. The molecule has 0 aliphatic rings. The minimum Gasteiger partial charge on any atom is -0.480 e. The summed E-state index contributed by atoms with van der Waals surface area (Å²) in [6.07, 6.45) is 3.90. The van der Waals surface area contributed by atoms with Gasteiger partial charge >= 0.3 is 5.97 Å². The molecule has 164 valence electrons. The maximum atomic E-state index is 13.0. The Labute approximate surface area is 184 Å². The van der Waals surface area contributed by atoms with E-state index in [0.717, 1.165) is 32.9 Å². The van der Waals surface area contributed by atoms with Crippen LogP contribution < -0.4 is 10.6 Å². The Balaban J connectivity index is 1.54. The SMILES string of the molecule is CC(=O)N[C@@H](Cc1c[nH]c2ccccc12)C(=O)N[C@@H](Cc1c[nH]c2ccccc12)C(=O)O. The molecule has 2 atom stereocenters. The minimum atomic E-state index is -1.14. The van der Waals surface area contributed by atoms with E-state index in [2.05, 4.69) is 20.6 Å². The van der Waals surface area contributed by atoms with E-state index >= 15 is 0 Å². The zero-order valence-electron chi connectivity index (χ0n) is 17.5. The lowest BCUT2D eigenvalue weighted by atomic mass is 10.0. The van der Waals surface area contributed by atoms with Gasteiger partial charge in [0.2, 0.25) is 11.8 Å². The average molecular weight is 432 g/mol. The first-order valence-electron chi connectivity index (χ1n) is 10.3. The molecule has 4 rings (SSSR count). The van der Waals surface area contributed by atoms with Gasteiger partial charge in [-0.25, -0.2) is 4.79 Å². The number of aromatic amines is 2. The zero-order valence-corrected chi connectivity index (χ0v) is 17.5. The van der Waals surface area contributed by atoms with Crippen LogP contribution in [0.5, 0.6) is 0 Å². The van der Waals surface area contributed by atoms with Gasteiger partial charge in [-0.15, -0.1) is 0 Å². The Kier molecular flexibility index (Phi) is 5.93. The normalized spacial score (nSPS) is 13.0. The van der Waals surface area contributed by atoms with Crippen molar-refractivity contribution in [3.8, 4) is 0 Å². The third-order valence-corrected chi connectivity index (χ3v) is 5.51. The summed E-state index contributed by atoms with van der Waals surface area (Å²) in [4.78, 5) is 43.0. The molecule has 8 nitrogen and oxygen atoms in total. The molecule has 0 saturated heterocycles. The summed E-state index contributed by atoms with van der Waals surface area (Å²) in [7, 11) is 0. The number of aliphatic carboxylic acids is 1. The number of carbonyl (C=O) groups is 3. The molecule has 2 amide bonds. The second-order valence-electron chi connectivity index (χ2n) is 7.78. The number of para-hydroxylation sites is 2. The molecule has 0 fully saturated rings. The molecule has 8 heteroatoms. The maximum Gasteiger partial charge on any atom is 0.326 e. The molecule has 0 unspecified atom stereocenters. The molecule has 0 aliphatic carbocycles. The van der Waals surface area contributed by atoms with E-state index in [1.807, 2.05) is 48.5 Å². The zero-order chi connectivity index (χ0) is 22.7. The first kappa shape index (κ1) is 21.2. The fourth-order valence-corrected chi connectivity index (χ4v) is 3.97. The van der Waals surface area contributed by atoms with Gasteiger partial charge in [0.05, 0.1) is 0 Å². The van der Waals surface area contributed by atoms with Crippen LogP contribution in [0.15, 0.2) is 60.9 Å². The summed E-state index contributed by atoms with van der Waals surface area (Å²) in [5, 5.41) is 16.9. The van der Waals surface area contributed by atoms with Crippen LogP contribution in [0.2, 0.25) is 0 Å². The van der Waals surface area contributed by atoms with E-state index in [1.165, 1.54) is 6.92 Å². The molecule has 0 bridgehead atoms. The highest BCUT2D eigenvalue weighted by Gasteiger charge is 2.27. The summed E-state index contributed by atoms with van der Waals surface area (Å²) >= 11 is 0. The molecular formula is C24H24N4O4. The van der Waals surface area contributed by atoms with Crippen molar-refractivity contribution < 1.29 is 19.5 Å². The summed E-state index contributed by atoms with van der Waals surface area (Å²) in [6.45, 7) is 1.33. The smallest absolute Gasteiger partial charge is 0.326 e. The molecule has 0 aliphatic heterocycles. The van der Waals surface area contributed by atoms with Crippen molar-refractivity contribution in [2.75, 3.05) is 0 Å². The predicted octanol–water partition coefficient (Wildman–Crippen LogP) is 2.51. The highest BCUT2D eigenvalue weighted by atomic mass is 16.4. The highest BCUT2D eigenvalue weighted by Crippen LogP contribution is 2.21. The van der Waals surface area contributed by atoms with Gasteiger partial charge in [-0.3, -0.25) is 9.59 Å². The van der Waals surface area contributed by atoms with Crippen molar-refractivity contribution in [1.29, 1.82) is 0 Å². The second-order valence-corrected chi connectivity index (χ2v) is 7.78. The van der Waals surface area contributed by atoms with Gasteiger partial charge in [0.1, 0.15) is 12.1 Å². The van der Waals surface area contributed by atoms with Gasteiger partial charge in [0.25, 0.3) is 0 Å².